The van der Waals surface area contributed by atoms with Crippen molar-refractivity contribution in [1.82, 2.24) is 5.32 Å². The Kier molecular flexibility index (Phi) is 18.5. The maximum atomic E-state index is 14.4. The molecule has 0 radical (unpaired) electrons. The maximum absolute atomic E-state index is 14.4. The predicted molar refractivity (Wildman–Crippen MR) is 238 cm³/mol. The molecule has 7 N–H and O–H groups in total. The topological polar surface area (TPSA) is 213 Å². The van der Waals surface area contributed by atoms with E-state index in [0.717, 1.165) is 6.07 Å². The van der Waals surface area contributed by atoms with E-state index < -0.39 is 79.2 Å². The summed E-state index contributed by atoms with van der Waals surface area (Å²) in [5.74, 6) is -4.39. The number of rotatable bonds is 18. The summed E-state index contributed by atoms with van der Waals surface area (Å²) in [6.07, 6.45) is -4.93. The molecule has 18 heteroatoms. The summed E-state index contributed by atoms with van der Waals surface area (Å²) >= 11 is 0. The van der Waals surface area contributed by atoms with Crippen molar-refractivity contribution in [3.05, 3.63) is 168 Å². The average molecular weight is 928 g/mol. The zero-order valence-electron chi connectivity index (χ0n) is 35.6. The highest BCUT2D eigenvalue weighted by atomic mass is 19.1. The quantitative estimate of drug-likeness (QED) is 0.0377. The molecule has 14 nitrogen and oxygen atoms in total. The fourth-order valence-electron chi connectivity index (χ4n) is 6.04. The fourth-order valence-corrected chi connectivity index (χ4v) is 6.04. The lowest BCUT2D eigenvalue weighted by Crippen LogP contribution is -2.42. The number of ether oxygens (including phenoxy) is 3. The average Bonchev–Trinajstić information content (AvgIpc) is 3.32. The van der Waals surface area contributed by atoms with Gasteiger partial charge < -0.3 is 50.6 Å². The van der Waals surface area contributed by atoms with Crippen molar-refractivity contribution in [2.45, 2.75) is 25.2 Å². The Balaban J connectivity index is 0.000000256. The van der Waals surface area contributed by atoms with Crippen LogP contribution in [0, 0.1) is 23.3 Å². The van der Waals surface area contributed by atoms with E-state index in [0.29, 0.717) is 40.2 Å². The van der Waals surface area contributed by atoms with E-state index >= 15 is 0 Å². The number of aliphatic hydroxyl groups is 4. The Morgan fingerprint density at radius 2 is 1.03 bits per heavy atom. The highest BCUT2D eigenvalue weighted by Gasteiger charge is 2.25. The molecule has 0 saturated carbocycles. The Morgan fingerprint density at radius 1 is 0.567 bits per heavy atom. The van der Waals surface area contributed by atoms with Crippen LogP contribution in [-0.2, 0) is 14.3 Å². The summed E-state index contributed by atoms with van der Waals surface area (Å²) in [5, 5.41) is 45.0. The van der Waals surface area contributed by atoms with Gasteiger partial charge in [-0.1, -0.05) is 48.5 Å². The van der Waals surface area contributed by atoms with E-state index in [9.17, 15) is 52.1 Å². The number of likely N-dealkylation sites (N-methyl/N-ethyl adjacent to an activating group) is 1. The molecule has 3 unspecified atom stereocenters. The molecule has 3 amide bonds. The van der Waals surface area contributed by atoms with Crippen LogP contribution >= 0.6 is 0 Å². The van der Waals surface area contributed by atoms with Crippen LogP contribution in [-0.4, -0.2) is 95.4 Å². The molecule has 0 fully saturated rings. The van der Waals surface area contributed by atoms with Gasteiger partial charge in [-0.2, -0.15) is 0 Å². The van der Waals surface area contributed by atoms with E-state index in [-0.39, 0.29) is 35.1 Å². The molecule has 6 aromatic carbocycles. The molecule has 0 aliphatic rings. The number of carbonyl (C=O) groups is 4. The minimum Gasteiger partial charge on any atom is -0.484 e. The summed E-state index contributed by atoms with van der Waals surface area (Å²) in [6.45, 7) is 0.141. The lowest BCUT2D eigenvalue weighted by molar-refractivity contribution is -0.154. The van der Waals surface area contributed by atoms with Gasteiger partial charge in [0.05, 0.1) is 17.7 Å². The second-order valence-corrected chi connectivity index (χ2v) is 14.4. The minimum atomic E-state index is -1.71. The van der Waals surface area contributed by atoms with Crippen molar-refractivity contribution >= 4 is 35.1 Å². The normalized spacial score (nSPS) is 12.0. The molecule has 6 rings (SSSR count). The molecule has 0 aliphatic heterocycles. The zero-order chi connectivity index (χ0) is 48.5. The second-order valence-electron chi connectivity index (χ2n) is 14.4. The van der Waals surface area contributed by atoms with Crippen molar-refractivity contribution in [2.24, 2.45) is 0 Å². The van der Waals surface area contributed by atoms with Crippen LogP contribution in [0.25, 0.3) is 22.3 Å². The standard InChI is InChI=1S/C26H25F2NO8.C23H20F2N2O3/c27-17-4-1-3-15(9-17)16-7-8-21(28)20(10-16)26(35)29-18-5-2-6-19(11-18)36-14-24(33)37-13-23(32)25(34)22(31)12-30;1-2-26-22(28)14-30-19-8-4-7-18(13-19)27-23(29)20-12-16(9-10-21(20)25)15-5-3-6-17(24)11-15/h1-11,22-23,25,30-32,34H,12-14H2,(H,29,35);3-13H,2,14H2,1H3,(H,26,28)(H,27,29). The number of hydrogen-bond donors (Lipinski definition) is 7. The zero-order valence-corrected chi connectivity index (χ0v) is 35.6. The summed E-state index contributed by atoms with van der Waals surface area (Å²) in [7, 11) is 0. The van der Waals surface area contributed by atoms with E-state index in [1.54, 1.807) is 43.3 Å². The van der Waals surface area contributed by atoms with Gasteiger partial charge in [-0.25, -0.2) is 22.4 Å². The molecule has 350 valence electrons. The van der Waals surface area contributed by atoms with Crippen LogP contribution in [0.2, 0.25) is 0 Å². The molecule has 67 heavy (non-hydrogen) atoms. The first-order valence-corrected chi connectivity index (χ1v) is 20.4. The molecular weight excluding hydrogens is 883 g/mol. The smallest absolute Gasteiger partial charge is 0.344 e. The van der Waals surface area contributed by atoms with E-state index in [1.807, 2.05) is 0 Å². The number of nitrogens with one attached hydrogen (secondary N) is 3. The van der Waals surface area contributed by atoms with Crippen LogP contribution in [0.4, 0.5) is 28.9 Å². The molecule has 0 aromatic heterocycles. The molecular formula is C49H45F4N3O11. The largest absolute Gasteiger partial charge is 0.484 e. The third kappa shape index (κ3) is 15.2. The van der Waals surface area contributed by atoms with Gasteiger partial charge in [-0.3, -0.25) is 14.4 Å². The molecule has 6 aromatic rings. The van der Waals surface area contributed by atoms with Crippen molar-refractivity contribution in [3.8, 4) is 33.8 Å². The number of aliphatic hydroxyl groups excluding tert-OH is 4. The molecule has 0 saturated heterocycles. The highest BCUT2D eigenvalue weighted by Crippen LogP contribution is 2.26. The first-order valence-electron chi connectivity index (χ1n) is 20.4. The van der Waals surface area contributed by atoms with Gasteiger partial charge in [0, 0.05) is 30.1 Å². The predicted octanol–water partition coefficient (Wildman–Crippen LogP) is 6.28. The van der Waals surface area contributed by atoms with Crippen LogP contribution in [0.3, 0.4) is 0 Å². The van der Waals surface area contributed by atoms with Gasteiger partial charge >= 0.3 is 5.97 Å². The van der Waals surface area contributed by atoms with Crippen molar-refractivity contribution in [3.63, 3.8) is 0 Å². The van der Waals surface area contributed by atoms with Gasteiger partial charge in [0.25, 0.3) is 17.7 Å². The Labute approximate surface area is 381 Å². The molecule has 0 aliphatic carbocycles. The van der Waals surface area contributed by atoms with E-state index in [1.165, 1.54) is 91.0 Å². The number of esters is 1. The highest BCUT2D eigenvalue weighted by molar-refractivity contribution is 6.06. The molecule has 0 spiro atoms. The lowest BCUT2D eigenvalue weighted by atomic mass is 10.0. The van der Waals surface area contributed by atoms with Gasteiger partial charge in [0.15, 0.2) is 13.2 Å². The van der Waals surface area contributed by atoms with Gasteiger partial charge in [-0.15, -0.1) is 0 Å². The molecule has 3 atom stereocenters. The number of halogens is 4. The van der Waals surface area contributed by atoms with Crippen molar-refractivity contribution in [1.29, 1.82) is 0 Å². The summed E-state index contributed by atoms with van der Waals surface area (Å²) in [5.41, 5.74) is 2.15. The van der Waals surface area contributed by atoms with Crippen LogP contribution in [0.15, 0.2) is 133 Å². The maximum Gasteiger partial charge on any atom is 0.344 e. The van der Waals surface area contributed by atoms with Gasteiger partial charge in [-0.05, 0) is 102 Å². The summed E-state index contributed by atoms with van der Waals surface area (Å²) < 4.78 is 71.1. The number of hydrogen-bond acceptors (Lipinski definition) is 11. The van der Waals surface area contributed by atoms with Crippen molar-refractivity contribution < 1.29 is 71.4 Å². The summed E-state index contributed by atoms with van der Waals surface area (Å²) in [4.78, 5) is 48.7. The summed E-state index contributed by atoms with van der Waals surface area (Å²) in [6, 6.07) is 31.7. The molecule has 0 bridgehead atoms. The lowest BCUT2D eigenvalue weighted by Gasteiger charge is -2.21. The Hall–Kier alpha value is -7.64. The third-order valence-corrected chi connectivity index (χ3v) is 9.41. The van der Waals surface area contributed by atoms with Crippen LogP contribution in [0.5, 0.6) is 11.5 Å². The minimum absolute atomic E-state index is 0.157. The first-order chi connectivity index (χ1) is 32.1. The number of anilines is 2. The number of carbonyl (C=O) groups excluding carboxylic acids is 4. The second kappa shape index (κ2) is 24.6. The van der Waals surface area contributed by atoms with Crippen LogP contribution in [0.1, 0.15) is 27.6 Å². The van der Waals surface area contributed by atoms with E-state index in [2.05, 4.69) is 16.0 Å². The SMILES string of the molecule is CCNC(=O)COc1cccc(NC(=O)c2cc(-c3cccc(F)c3)ccc2F)c1.O=C(COc1cccc(NC(=O)c2cc(-c3cccc(F)c3)ccc2F)c1)OCC(O)C(O)C(O)CO. The Bertz CT molecular complexity index is 2670. The number of amides is 3. The molecule has 0 heterocycles. The Morgan fingerprint density at radius 3 is 1.49 bits per heavy atom. The van der Waals surface area contributed by atoms with E-state index in [4.69, 9.17) is 19.3 Å². The monoisotopic (exact) mass is 927 g/mol. The van der Waals surface area contributed by atoms with Crippen molar-refractivity contribution in [2.75, 3.05) is 43.6 Å². The van der Waals surface area contributed by atoms with Gasteiger partial charge in [0.2, 0.25) is 0 Å². The van der Waals surface area contributed by atoms with Gasteiger partial charge in [0.1, 0.15) is 59.7 Å². The first kappa shape index (κ1) is 50.4. The third-order valence-electron chi connectivity index (χ3n) is 9.41. The number of benzene rings is 6. The van der Waals surface area contributed by atoms with Crippen LogP contribution < -0.4 is 25.4 Å². The fraction of sp³-hybridized carbons (Fsp3) is 0.184.